The number of fused-ring (bicyclic) bond motifs is 1. The van der Waals surface area contributed by atoms with E-state index in [0.29, 0.717) is 17.0 Å². The van der Waals surface area contributed by atoms with Crippen LogP contribution in [0.3, 0.4) is 0 Å². The highest BCUT2D eigenvalue weighted by Gasteiger charge is 2.43. The number of anilines is 6. The summed E-state index contributed by atoms with van der Waals surface area (Å²) >= 11 is 0. The second-order valence-corrected chi connectivity index (χ2v) is 20.0. The monoisotopic (exact) mass is 1140 g/mol. The molecule has 0 unspecified atom stereocenters. The summed E-state index contributed by atoms with van der Waals surface area (Å²) in [4.78, 5) is 90.3. The zero-order chi connectivity index (χ0) is 62.1. The van der Waals surface area contributed by atoms with Crippen LogP contribution in [-0.2, 0) is 19.2 Å². The molecule has 0 aliphatic carbocycles. The number of hydrogen-bond donors (Lipinski definition) is 0. The van der Waals surface area contributed by atoms with Crippen LogP contribution in [-0.4, -0.2) is 108 Å². The van der Waals surface area contributed by atoms with Gasteiger partial charge in [0.1, 0.15) is 29.9 Å². The van der Waals surface area contributed by atoms with E-state index in [0.717, 1.165) is 86.2 Å². The highest BCUT2D eigenvalue weighted by Crippen LogP contribution is 2.33. The van der Waals surface area contributed by atoms with Gasteiger partial charge in [0.2, 0.25) is 0 Å². The lowest BCUT2D eigenvalue weighted by molar-refractivity contribution is -0.134. The van der Waals surface area contributed by atoms with E-state index >= 15 is 0 Å². The predicted octanol–water partition coefficient (Wildman–Crippen LogP) is 12.2. The molecule has 17 nitrogen and oxygen atoms in total. The van der Waals surface area contributed by atoms with Crippen molar-refractivity contribution in [1.29, 1.82) is 0 Å². The summed E-state index contributed by atoms with van der Waals surface area (Å²) in [6.45, 7) is 30.1. The summed E-state index contributed by atoms with van der Waals surface area (Å²) < 4.78 is 5.16. The standard InChI is InChI=1S/C25H23N3O2.C15H17N3O3.C15H17N3.C13H15NO2/c1-18-16-22(26(2)3)15-14-19(18)17-23-24(29)27(20-10-6-4-7-11-20)28(25(23)30)21-12-8-5-9-13-21;1-16(2)11-7-5-10(6-8-11)9-12-13(19)17(3)15(21)18(4)14(12)20;1-6-18(7-2)14-9-8-13(12(3)10-14)11-15(16-4)17-5;1-3-14(4-2)11-7-5-10-6-8-13(15)16-12(10)9-11/h4-17H,1-3H3;5-9H,1-4H3;8-11H,6-7H2,1-3H3;5-9H,3-4H2,1-2H3. The number of hydrazine groups is 1. The second kappa shape index (κ2) is 29.5. The number of carbonyl (C=O) groups excluding carboxylic acids is 5. The highest BCUT2D eigenvalue weighted by molar-refractivity contribution is 6.38. The fourth-order valence-electron chi connectivity index (χ4n) is 9.17. The number of aryl methyl sites for hydroxylation is 2. The fourth-order valence-corrected chi connectivity index (χ4v) is 9.17. The van der Waals surface area contributed by atoms with Crippen LogP contribution >= 0.6 is 0 Å². The second-order valence-electron chi connectivity index (χ2n) is 20.0. The molecule has 436 valence electrons. The third-order valence-electron chi connectivity index (χ3n) is 14.1. The average Bonchev–Trinajstić information content (AvgIpc) is 3.84. The van der Waals surface area contributed by atoms with Crippen LogP contribution in [0.15, 0.2) is 178 Å². The summed E-state index contributed by atoms with van der Waals surface area (Å²) in [5.74, 6) is -1.74. The van der Waals surface area contributed by atoms with Crippen LogP contribution in [0.1, 0.15) is 55.5 Å². The maximum absolute atomic E-state index is 13.4. The Kier molecular flexibility index (Phi) is 22.1. The first-order valence-electron chi connectivity index (χ1n) is 27.7. The van der Waals surface area contributed by atoms with Crippen LogP contribution in [0, 0.1) is 27.0 Å². The van der Waals surface area contributed by atoms with Crippen LogP contribution in [0.25, 0.3) is 38.9 Å². The number of para-hydroxylation sites is 2. The van der Waals surface area contributed by atoms with E-state index in [1.807, 2.05) is 179 Å². The van der Waals surface area contributed by atoms with E-state index in [9.17, 15) is 28.8 Å². The number of urea groups is 1. The molecule has 0 atom stereocenters. The first-order valence-corrected chi connectivity index (χ1v) is 27.7. The van der Waals surface area contributed by atoms with E-state index in [1.165, 1.54) is 41.9 Å². The Morgan fingerprint density at radius 1 is 0.494 bits per heavy atom. The van der Waals surface area contributed by atoms with Crippen LogP contribution in [0.4, 0.5) is 38.9 Å². The van der Waals surface area contributed by atoms with Gasteiger partial charge in [-0.25, -0.2) is 19.6 Å². The van der Waals surface area contributed by atoms with Gasteiger partial charge in [-0.15, -0.1) is 0 Å². The van der Waals surface area contributed by atoms with Crippen molar-refractivity contribution in [3.63, 3.8) is 0 Å². The van der Waals surface area contributed by atoms with E-state index in [-0.39, 0.29) is 34.4 Å². The average molecular weight is 1140 g/mol. The molecule has 0 N–H and O–H groups in total. The smallest absolute Gasteiger partial charge is 0.423 e. The molecule has 9 rings (SSSR count). The number of amides is 6. The Bertz CT molecular complexity index is 3690. The largest absolute Gasteiger partial charge is 0.519 e. The molecule has 2 fully saturated rings. The number of benzene rings is 6. The molecular weight excluding hydrogens is 1070 g/mol. The van der Waals surface area contributed by atoms with Gasteiger partial charge >= 0.3 is 17.5 Å². The van der Waals surface area contributed by atoms with Crippen molar-refractivity contribution in [2.24, 2.45) is 0 Å². The molecule has 1 aromatic heterocycles. The number of nitrogens with zero attached hydrogens (tertiary/aromatic N) is 10. The molecular formula is C68H72N10O7. The Balaban J connectivity index is 0.000000188. The Morgan fingerprint density at radius 2 is 0.918 bits per heavy atom. The number of imide groups is 2. The molecule has 85 heavy (non-hydrogen) atoms. The molecule has 0 saturated carbocycles. The maximum atomic E-state index is 13.4. The minimum Gasteiger partial charge on any atom is -0.423 e. The van der Waals surface area contributed by atoms with Crippen molar-refractivity contribution in [2.75, 3.05) is 98.1 Å². The van der Waals surface area contributed by atoms with Crippen molar-refractivity contribution < 1.29 is 28.4 Å². The van der Waals surface area contributed by atoms with Gasteiger partial charge in [-0.3, -0.25) is 29.0 Å². The topological polar surface area (TPSA) is 150 Å². The molecule has 0 spiro atoms. The summed E-state index contributed by atoms with van der Waals surface area (Å²) in [7, 11) is 10.5. The lowest BCUT2D eigenvalue weighted by Gasteiger charge is -2.28. The molecule has 17 heteroatoms. The van der Waals surface area contributed by atoms with E-state index < -0.39 is 17.8 Å². The predicted molar refractivity (Wildman–Crippen MR) is 343 cm³/mol. The minimum atomic E-state index is -0.620. The van der Waals surface area contributed by atoms with Gasteiger partial charge < -0.3 is 24.0 Å². The van der Waals surface area contributed by atoms with Gasteiger partial charge in [0.05, 0.1) is 11.4 Å². The SMILES string of the molecule is CCN(CC)c1ccc2ccc(=O)oc2c1.CN1C(=O)C(=Cc2ccc(N(C)C)cc2)C(=O)N(C)C1=O.Cc1cc(N(C)C)ccc1C=C1C(=O)N(c2ccccc2)N(c2ccccc2)C1=O.[C-]#[N+]C(=Cc1ccc(N(CC)CC)cc1C)[N+]#[C-]. The Morgan fingerprint density at radius 3 is 1.39 bits per heavy atom. The minimum absolute atomic E-state index is 0.0165. The molecule has 6 amide bonds. The fraction of sp³-hybridized carbons (Fsp3) is 0.235. The van der Waals surface area contributed by atoms with Gasteiger partial charge in [0.15, 0.2) is 0 Å². The van der Waals surface area contributed by atoms with Gasteiger partial charge in [-0.2, -0.15) is 9.69 Å². The van der Waals surface area contributed by atoms with Gasteiger partial charge in [-0.05, 0) is 160 Å². The third-order valence-corrected chi connectivity index (χ3v) is 14.1. The van der Waals surface area contributed by atoms with E-state index in [4.69, 9.17) is 17.6 Å². The van der Waals surface area contributed by atoms with Crippen molar-refractivity contribution >= 4 is 93.0 Å². The molecule has 2 aliphatic heterocycles. The van der Waals surface area contributed by atoms with Crippen LogP contribution in [0.5, 0.6) is 0 Å². The van der Waals surface area contributed by atoms with Crippen molar-refractivity contribution in [1.82, 2.24) is 9.80 Å². The van der Waals surface area contributed by atoms with Crippen molar-refractivity contribution in [3.8, 4) is 0 Å². The third kappa shape index (κ3) is 15.5. The van der Waals surface area contributed by atoms with Gasteiger partial charge in [0.25, 0.3) is 23.6 Å². The zero-order valence-corrected chi connectivity index (χ0v) is 50.3. The molecule has 2 aliphatic rings. The lowest BCUT2D eigenvalue weighted by atomic mass is 10.0. The normalized spacial score (nSPS) is 12.7. The highest BCUT2D eigenvalue weighted by atomic mass is 16.4. The number of hydrogen-bond acceptors (Lipinski definition) is 11. The van der Waals surface area contributed by atoms with Gasteiger partial charge in [-0.1, -0.05) is 60.7 Å². The number of likely N-dealkylation sites (N-methyl/N-ethyl adjacent to an activating group) is 2. The van der Waals surface area contributed by atoms with Crippen molar-refractivity contribution in [3.05, 3.63) is 230 Å². The lowest BCUT2D eigenvalue weighted by Crippen LogP contribution is -2.52. The summed E-state index contributed by atoms with van der Waals surface area (Å²) in [5, 5.41) is 3.83. The molecule has 7 aromatic rings. The number of barbiturate groups is 1. The molecule has 2 saturated heterocycles. The summed E-state index contributed by atoms with van der Waals surface area (Å²) in [5.41, 5.74) is 10.7. The first-order chi connectivity index (χ1) is 40.7. The maximum Gasteiger partial charge on any atom is 0.519 e. The Hall–Kier alpha value is -10.5. The van der Waals surface area contributed by atoms with E-state index in [1.54, 1.807) is 18.2 Å². The molecule has 0 bridgehead atoms. The van der Waals surface area contributed by atoms with Crippen LogP contribution in [0.2, 0.25) is 0 Å². The Labute approximate surface area is 498 Å². The summed E-state index contributed by atoms with van der Waals surface area (Å²) in [6, 6.07) is 46.5. The van der Waals surface area contributed by atoms with Crippen molar-refractivity contribution in [2.45, 2.75) is 41.5 Å². The molecule has 0 radical (unpaired) electrons. The zero-order valence-electron chi connectivity index (χ0n) is 50.3. The number of rotatable bonds is 13. The molecule has 6 aromatic carbocycles. The number of carbonyl (C=O) groups is 5. The quantitative estimate of drug-likeness (QED) is 0.0470. The summed E-state index contributed by atoms with van der Waals surface area (Å²) in [6.07, 6.45) is 4.84. The van der Waals surface area contributed by atoms with Crippen LogP contribution < -0.4 is 35.2 Å². The molecule has 3 heterocycles. The van der Waals surface area contributed by atoms with Gasteiger partial charge in [0, 0.05) is 115 Å². The van der Waals surface area contributed by atoms with E-state index in [2.05, 4.69) is 59.3 Å². The first kappa shape index (κ1) is 63.7.